The van der Waals surface area contributed by atoms with Gasteiger partial charge in [0.15, 0.2) is 0 Å². The Hall–Kier alpha value is -1.61. The number of hydrogen-bond donors (Lipinski definition) is 2. The average molecular weight is 366 g/mol. The van der Waals surface area contributed by atoms with Crippen molar-refractivity contribution in [1.82, 2.24) is 15.3 Å². The molecule has 1 fully saturated rings. The average Bonchev–Trinajstić information content (AvgIpc) is 2.99. The molecule has 1 aromatic heterocycles. The first kappa shape index (κ1) is 18.7. The molecule has 3 nitrogen and oxygen atoms in total. The third kappa shape index (κ3) is 3.99. The molecule has 0 spiro atoms. The maximum absolute atomic E-state index is 4.91. The molecule has 0 bridgehead atoms. The monoisotopic (exact) mass is 365 g/mol. The summed E-state index contributed by atoms with van der Waals surface area (Å²) in [5, 5.41) is 3.82. The lowest BCUT2D eigenvalue weighted by molar-refractivity contribution is 0.208. The highest BCUT2D eigenvalue weighted by atomic mass is 14.9. The highest BCUT2D eigenvalue weighted by Gasteiger charge is 2.32. The van der Waals surface area contributed by atoms with Gasteiger partial charge in [-0.15, -0.1) is 0 Å². The number of para-hydroxylation sites is 1. The molecule has 146 valence electrons. The zero-order valence-corrected chi connectivity index (χ0v) is 17.4. The van der Waals surface area contributed by atoms with E-state index in [9.17, 15) is 0 Å². The molecule has 27 heavy (non-hydrogen) atoms. The van der Waals surface area contributed by atoms with Gasteiger partial charge in [-0.2, -0.15) is 0 Å². The fraction of sp³-hybridized carbons (Fsp3) is 0.625. The summed E-state index contributed by atoms with van der Waals surface area (Å²) in [6.07, 6.45) is 9.05. The predicted octanol–water partition coefficient (Wildman–Crippen LogP) is 5.41. The first-order valence-corrected chi connectivity index (χ1v) is 10.9. The van der Waals surface area contributed by atoms with Crippen LogP contribution >= 0.6 is 0 Å². The Morgan fingerprint density at radius 3 is 2.70 bits per heavy atom. The second-order valence-electron chi connectivity index (χ2n) is 9.31. The van der Waals surface area contributed by atoms with Crippen LogP contribution in [0.15, 0.2) is 29.8 Å². The van der Waals surface area contributed by atoms with E-state index < -0.39 is 0 Å². The molecule has 1 heterocycles. The van der Waals surface area contributed by atoms with Crippen LogP contribution in [0.1, 0.15) is 57.8 Å². The molecule has 2 N–H and O–H groups in total. The Labute approximate surface area is 164 Å². The van der Waals surface area contributed by atoms with Crippen molar-refractivity contribution in [2.75, 3.05) is 6.54 Å². The van der Waals surface area contributed by atoms with E-state index in [1.54, 1.807) is 5.57 Å². The molecular weight excluding hydrogens is 330 g/mol. The fourth-order valence-electron chi connectivity index (χ4n) is 4.98. The standard InChI is InChI=1S/C24H35N3/c1-15(2)21-12-18(17(4)11-19(21)14-25-20-8-6-9-20)13-23-26-22-10-5-7-16(3)24(22)27-23/h5,7,10-11,15,18-21,25H,6,8-9,12-14H2,1-4H3,(H,26,27). The van der Waals surface area contributed by atoms with Crippen molar-refractivity contribution in [3.8, 4) is 0 Å². The molecule has 3 atom stereocenters. The molecule has 2 aliphatic rings. The van der Waals surface area contributed by atoms with Gasteiger partial charge in [-0.3, -0.25) is 0 Å². The minimum Gasteiger partial charge on any atom is -0.342 e. The van der Waals surface area contributed by atoms with E-state index in [2.05, 4.69) is 62.3 Å². The lowest BCUT2D eigenvalue weighted by Gasteiger charge is -2.38. The second-order valence-corrected chi connectivity index (χ2v) is 9.31. The van der Waals surface area contributed by atoms with E-state index in [1.165, 1.54) is 36.8 Å². The largest absolute Gasteiger partial charge is 0.342 e. The number of aryl methyl sites for hydroxylation is 1. The molecule has 1 saturated carbocycles. The molecule has 0 amide bonds. The van der Waals surface area contributed by atoms with Gasteiger partial charge in [0.2, 0.25) is 0 Å². The number of nitrogens with zero attached hydrogens (tertiary/aromatic N) is 1. The van der Waals surface area contributed by atoms with Crippen LogP contribution in [0.25, 0.3) is 11.0 Å². The first-order chi connectivity index (χ1) is 13.0. The number of aromatic amines is 1. The number of nitrogens with one attached hydrogen (secondary N) is 2. The SMILES string of the molecule is CC1=CC(CNC2CCC2)C(C(C)C)CC1Cc1nc2c(C)cccc2[nH]1. The fourth-order valence-corrected chi connectivity index (χ4v) is 4.98. The first-order valence-electron chi connectivity index (χ1n) is 10.9. The Morgan fingerprint density at radius 1 is 1.22 bits per heavy atom. The molecule has 3 unspecified atom stereocenters. The number of H-pyrrole nitrogens is 1. The predicted molar refractivity (Wildman–Crippen MR) is 114 cm³/mol. The summed E-state index contributed by atoms with van der Waals surface area (Å²) in [6, 6.07) is 7.18. The van der Waals surface area contributed by atoms with Crippen molar-refractivity contribution < 1.29 is 0 Å². The van der Waals surface area contributed by atoms with E-state index in [0.29, 0.717) is 11.8 Å². The molecule has 0 aliphatic heterocycles. The van der Waals surface area contributed by atoms with Crippen molar-refractivity contribution in [1.29, 1.82) is 0 Å². The van der Waals surface area contributed by atoms with E-state index in [1.807, 2.05) is 0 Å². The zero-order valence-electron chi connectivity index (χ0n) is 17.4. The molecule has 2 aliphatic carbocycles. The van der Waals surface area contributed by atoms with E-state index in [4.69, 9.17) is 4.98 Å². The second kappa shape index (κ2) is 7.79. The maximum atomic E-state index is 4.91. The summed E-state index contributed by atoms with van der Waals surface area (Å²) >= 11 is 0. The lowest BCUT2D eigenvalue weighted by atomic mass is 9.69. The highest BCUT2D eigenvalue weighted by molar-refractivity contribution is 5.78. The molecular formula is C24H35N3. The normalized spacial score (nSPS) is 26.4. The summed E-state index contributed by atoms with van der Waals surface area (Å²) < 4.78 is 0. The smallest absolute Gasteiger partial charge is 0.107 e. The van der Waals surface area contributed by atoms with Crippen molar-refractivity contribution in [3.63, 3.8) is 0 Å². The molecule has 0 radical (unpaired) electrons. The minimum atomic E-state index is 0.609. The summed E-state index contributed by atoms with van der Waals surface area (Å²) in [5.41, 5.74) is 5.12. The van der Waals surface area contributed by atoms with E-state index in [-0.39, 0.29) is 0 Å². The number of benzene rings is 1. The Balaban J connectivity index is 1.49. The maximum Gasteiger partial charge on any atom is 0.107 e. The van der Waals surface area contributed by atoms with Gasteiger partial charge in [0, 0.05) is 19.0 Å². The van der Waals surface area contributed by atoms with Gasteiger partial charge in [0.25, 0.3) is 0 Å². The van der Waals surface area contributed by atoms with Crippen LogP contribution in [-0.2, 0) is 6.42 Å². The molecule has 1 aromatic carbocycles. The van der Waals surface area contributed by atoms with E-state index in [0.717, 1.165) is 42.2 Å². The van der Waals surface area contributed by atoms with Crippen LogP contribution in [-0.4, -0.2) is 22.6 Å². The van der Waals surface area contributed by atoms with Crippen LogP contribution in [0.4, 0.5) is 0 Å². The van der Waals surface area contributed by atoms with Gasteiger partial charge in [-0.25, -0.2) is 4.98 Å². The zero-order chi connectivity index (χ0) is 19.0. The molecule has 0 saturated heterocycles. The van der Waals surface area contributed by atoms with Crippen molar-refractivity contribution in [2.45, 2.75) is 65.8 Å². The van der Waals surface area contributed by atoms with Gasteiger partial charge in [-0.1, -0.05) is 44.1 Å². The molecule has 2 aromatic rings. The number of allylic oxidation sites excluding steroid dienone is 1. The summed E-state index contributed by atoms with van der Waals surface area (Å²) in [6.45, 7) is 10.4. The number of hydrogen-bond acceptors (Lipinski definition) is 2. The molecule has 4 rings (SSSR count). The topological polar surface area (TPSA) is 40.7 Å². The van der Waals surface area contributed by atoms with Crippen LogP contribution in [0, 0.1) is 30.6 Å². The van der Waals surface area contributed by atoms with Crippen molar-refractivity contribution in [3.05, 3.63) is 41.2 Å². The van der Waals surface area contributed by atoms with Gasteiger partial charge in [0.1, 0.15) is 5.82 Å². The van der Waals surface area contributed by atoms with Crippen LogP contribution < -0.4 is 5.32 Å². The van der Waals surface area contributed by atoms with Crippen molar-refractivity contribution >= 4 is 11.0 Å². The number of aromatic nitrogens is 2. The summed E-state index contributed by atoms with van der Waals surface area (Å²) in [4.78, 5) is 8.48. The Bertz CT molecular complexity index is 812. The lowest BCUT2D eigenvalue weighted by Crippen LogP contribution is -2.41. The molecule has 3 heteroatoms. The number of rotatable bonds is 6. The van der Waals surface area contributed by atoms with Gasteiger partial charge < -0.3 is 10.3 Å². The summed E-state index contributed by atoms with van der Waals surface area (Å²) in [5.74, 6) is 3.92. The number of fused-ring (bicyclic) bond motifs is 1. The summed E-state index contributed by atoms with van der Waals surface area (Å²) in [7, 11) is 0. The van der Waals surface area contributed by atoms with Crippen LogP contribution in [0.3, 0.4) is 0 Å². The van der Waals surface area contributed by atoms with Gasteiger partial charge in [-0.05, 0) is 68.4 Å². The van der Waals surface area contributed by atoms with Crippen LogP contribution in [0.5, 0.6) is 0 Å². The highest BCUT2D eigenvalue weighted by Crippen LogP contribution is 2.39. The van der Waals surface area contributed by atoms with Gasteiger partial charge >= 0.3 is 0 Å². The van der Waals surface area contributed by atoms with Crippen LogP contribution in [0.2, 0.25) is 0 Å². The quantitative estimate of drug-likeness (QED) is 0.672. The Morgan fingerprint density at radius 2 is 2.04 bits per heavy atom. The van der Waals surface area contributed by atoms with E-state index >= 15 is 0 Å². The Kier molecular flexibility index (Phi) is 5.41. The third-order valence-corrected chi connectivity index (χ3v) is 7.03. The minimum absolute atomic E-state index is 0.609. The third-order valence-electron chi connectivity index (χ3n) is 7.03. The van der Waals surface area contributed by atoms with Gasteiger partial charge in [0.05, 0.1) is 11.0 Å². The number of imidazole rings is 1. The van der Waals surface area contributed by atoms with Crippen molar-refractivity contribution in [2.24, 2.45) is 23.7 Å².